The molecule has 1 atom stereocenters. The van der Waals surface area contributed by atoms with E-state index in [4.69, 9.17) is 9.63 Å². The number of aliphatic carboxylic acids is 1. The normalized spacial score (nSPS) is 11.9. The van der Waals surface area contributed by atoms with Crippen molar-refractivity contribution >= 4 is 23.8 Å². The smallest absolute Gasteiger partial charge is 0.326 e. The van der Waals surface area contributed by atoms with Crippen LogP contribution >= 0.6 is 11.8 Å². The zero-order valence-electron chi connectivity index (χ0n) is 11.7. The molecule has 0 radical (unpaired) electrons. The molecule has 7 nitrogen and oxygen atoms in total. The first kappa shape index (κ1) is 16.4. The Morgan fingerprint density at radius 1 is 1.45 bits per heavy atom. The number of nitrogens with one attached hydrogen (secondary N) is 2. The molecule has 0 aromatic carbocycles. The summed E-state index contributed by atoms with van der Waals surface area (Å²) in [6.45, 7) is 3.79. The first-order chi connectivity index (χ1) is 9.45. The van der Waals surface area contributed by atoms with Crippen LogP contribution in [0, 0.1) is 13.8 Å². The second kappa shape index (κ2) is 7.78. The van der Waals surface area contributed by atoms with E-state index < -0.39 is 18.0 Å². The van der Waals surface area contributed by atoms with E-state index in [1.165, 1.54) is 11.8 Å². The fourth-order valence-corrected chi connectivity index (χ4v) is 2.10. The lowest BCUT2D eigenvalue weighted by Crippen LogP contribution is -2.46. The molecule has 0 aliphatic carbocycles. The van der Waals surface area contributed by atoms with Gasteiger partial charge in [0.25, 0.3) is 0 Å². The van der Waals surface area contributed by atoms with Gasteiger partial charge in [0, 0.05) is 12.1 Å². The number of carbonyl (C=O) groups is 2. The molecular weight excluding hydrogens is 282 g/mol. The van der Waals surface area contributed by atoms with Crippen molar-refractivity contribution in [1.29, 1.82) is 0 Å². The van der Waals surface area contributed by atoms with E-state index in [9.17, 15) is 9.59 Å². The Morgan fingerprint density at radius 3 is 2.65 bits per heavy atom. The zero-order chi connectivity index (χ0) is 15.1. The zero-order valence-corrected chi connectivity index (χ0v) is 12.5. The molecular formula is C12H19N3O4S. The number of carbonyl (C=O) groups excluding carboxylic acids is 1. The predicted molar refractivity (Wildman–Crippen MR) is 75.8 cm³/mol. The quantitative estimate of drug-likeness (QED) is 0.701. The summed E-state index contributed by atoms with van der Waals surface area (Å²) < 4.78 is 4.98. The first-order valence-corrected chi connectivity index (χ1v) is 7.53. The van der Waals surface area contributed by atoms with E-state index in [1.807, 2.05) is 6.26 Å². The maximum atomic E-state index is 11.7. The molecule has 1 unspecified atom stereocenters. The number of urea groups is 1. The van der Waals surface area contributed by atoms with E-state index in [2.05, 4.69) is 15.8 Å². The highest BCUT2D eigenvalue weighted by Gasteiger charge is 2.19. The van der Waals surface area contributed by atoms with Gasteiger partial charge in [-0.15, -0.1) is 0 Å². The van der Waals surface area contributed by atoms with E-state index in [0.29, 0.717) is 23.6 Å². The van der Waals surface area contributed by atoms with E-state index in [0.717, 1.165) is 5.56 Å². The molecule has 1 rings (SSSR count). The van der Waals surface area contributed by atoms with Gasteiger partial charge in [0.15, 0.2) is 0 Å². The lowest BCUT2D eigenvalue weighted by atomic mass is 10.2. The van der Waals surface area contributed by atoms with Crippen LogP contribution in [0.15, 0.2) is 4.52 Å². The third kappa shape index (κ3) is 4.76. The van der Waals surface area contributed by atoms with Crippen LogP contribution in [0.3, 0.4) is 0 Å². The summed E-state index contributed by atoms with van der Waals surface area (Å²) in [5.74, 6) is 0.271. The van der Waals surface area contributed by atoms with Crippen LogP contribution in [-0.2, 0) is 11.3 Å². The Morgan fingerprint density at radius 2 is 2.15 bits per heavy atom. The van der Waals surface area contributed by atoms with Crippen LogP contribution in [0.4, 0.5) is 4.79 Å². The van der Waals surface area contributed by atoms with Crippen molar-refractivity contribution < 1.29 is 19.2 Å². The van der Waals surface area contributed by atoms with Crippen molar-refractivity contribution in [3.8, 4) is 0 Å². The summed E-state index contributed by atoms with van der Waals surface area (Å²) in [4.78, 5) is 22.7. The standard InChI is InChI=1S/C12H19N3O4S/c1-7-9(8(2)19-15-7)6-13-12(18)14-10(11(16)17)4-5-20-3/h10H,4-6H2,1-3H3,(H,16,17)(H2,13,14,18). The molecule has 112 valence electrons. The van der Waals surface area contributed by atoms with Gasteiger partial charge in [0.1, 0.15) is 11.8 Å². The monoisotopic (exact) mass is 301 g/mol. The molecule has 20 heavy (non-hydrogen) atoms. The van der Waals surface area contributed by atoms with Gasteiger partial charge >= 0.3 is 12.0 Å². The molecule has 2 amide bonds. The lowest BCUT2D eigenvalue weighted by Gasteiger charge is -2.14. The minimum absolute atomic E-state index is 0.252. The fourth-order valence-electron chi connectivity index (χ4n) is 1.63. The summed E-state index contributed by atoms with van der Waals surface area (Å²) >= 11 is 1.53. The van der Waals surface area contributed by atoms with Crippen LogP contribution < -0.4 is 10.6 Å². The molecule has 1 aromatic rings. The highest BCUT2D eigenvalue weighted by molar-refractivity contribution is 7.98. The molecule has 0 fully saturated rings. The highest BCUT2D eigenvalue weighted by atomic mass is 32.2. The average molecular weight is 301 g/mol. The lowest BCUT2D eigenvalue weighted by molar-refractivity contribution is -0.139. The predicted octanol–water partition coefficient (Wildman–Crippen LogP) is 1.30. The van der Waals surface area contributed by atoms with Gasteiger partial charge in [-0.1, -0.05) is 5.16 Å². The SMILES string of the molecule is CSCCC(NC(=O)NCc1c(C)noc1C)C(=O)O. The Labute approximate surface area is 121 Å². The first-order valence-electron chi connectivity index (χ1n) is 6.13. The average Bonchev–Trinajstić information content (AvgIpc) is 2.71. The molecule has 8 heteroatoms. The van der Waals surface area contributed by atoms with Gasteiger partial charge in [-0.25, -0.2) is 9.59 Å². The van der Waals surface area contributed by atoms with Crippen molar-refractivity contribution in [3.05, 3.63) is 17.0 Å². The number of aromatic nitrogens is 1. The summed E-state index contributed by atoms with van der Waals surface area (Å²) in [5, 5.41) is 17.8. The number of aryl methyl sites for hydroxylation is 2. The second-order valence-electron chi connectivity index (χ2n) is 4.30. The summed E-state index contributed by atoms with van der Waals surface area (Å²) in [5.41, 5.74) is 1.51. The minimum Gasteiger partial charge on any atom is -0.480 e. The number of nitrogens with zero attached hydrogens (tertiary/aromatic N) is 1. The van der Waals surface area contributed by atoms with Gasteiger partial charge in [-0.3, -0.25) is 0 Å². The second-order valence-corrected chi connectivity index (χ2v) is 5.29. The highest BCUT2D eigenvalue weighted by Crippen LogP contribution is 2.11. The van der Waals surface area contributed by atoms with Crippen LogP contribution in [0.5, 0.6) is 0 Å². The molecule has 0 spiro atoms. The minimum atomic E-state index is -1.04. The Balaban J connectivity index is 2.48. The summed E-state index contributed by atoms with van der Waals surface area (Å²) in [6, 6.07) is -1.40. The number of thioether (sulfide) groups is 1. The fraction of sp³-hybridized carbons (Fsp3) is 0.583. The van der Waals surface area contributed by atoms with Crippen molar-refractivity contribution in [3.63, 3.8) is 0 Å². The number of carboxylic acids is 1. The number of hydrogen-bond donors (Lipinski definition) is 3. The van der Waals surface area contributed by atoms with Gasteiger partial charge in [0.05, 0.1) is 5.69 Å². The number of amides is 2. The maximum Gasteiger partial charge on any atom is 0.326 e. The summed E-state index contributed by atoms with van der Waals surface area (Å²) in [6.07, 6.45) is 2.27. The van der Waals surface area contributed by atoms with Crippen LogP contribution in [0.25, 0.3) is 0 Å². The largest absolute Gasteiger partial charge is 0.480 e. The summed E-state index contributed by atoms with van der Waals surface area (Å²) in [7, 11) is 0. The topological polar surface area (TPSA) is 104 Å². The van der Waals surface area contributed by atoms with Gasteiger partial charge in [-0.2, -0.15) is 11.8 Å². The van der Waals surface area contributed by atoms with Gasteiger partial charge in [0.2, 0.25) is 0 Å². The molecule has 0 aliphatic heterocycles. The molecule has 3 N–H and O–H groups in total. The maximum absolute atomic E-state index is 11.7. The van der Waals surface area contributed by atoms with Crippen LogP contribution in [0.2, 0.25) is 0 Å². The third-order valence-corrected chi connectivity index (χ3v) is 3.46. The van der Waals surface area contributed by atoms with Crippen molar-refractivity contribution in [1.82, 2.24) is 15.8 Å². The Kier molecular flexibility index (Phi) is 6.37. The molecule has 0 saturated heterocycles. The molecule has 1 heterocycles. The van der Waals surface area contributed by atoms with Gasteiger partial charge < -0.3 is 20.3 Å². The molecule has 0 bridgehead atoms. The molecule has 0 saturated carbocycles. The van der Waals surface area contributed by atoms with Crippen LogP contribution in [-0.4, -0.2) is 40.3 Å². The van der Waals surface area contributed by atoms with Gasteiger partial charge in [-0.05, 0) is 32.3 Å². The number of hydrogen-bond acceptors (Lipinski definition) is 5. The van der Waals surface area contributed by atoms with E-state index >= 15 is 0 Å². The molecule has 0 aliphatic rings. The van der Waals surface area contributed by atoms with Crippen molar-refractivity contribution in [2.75, 3.05) is 12.0 Å². The Hall–Kier alpha value is -1.70. The molecule has 1 aromatic heterocycles. The van der Waals surface area contributed by atoms with E-state index in [1.54, 1.807) is 13.8 Å². The van der Waals surface area contributed by atoms with Crippen LogP contribution in [0.1, 0.15) is 23.4 Å². The van der Waals surface area contributed by atoms with E-state index in [-0.39, 0.29) is 6.54 Å². The number of carboxylic acid groups (broad SMARTS) is 1. The third-order valence-electron chi connectivity index (χ3n) is 2.82. The Bertz CT molecular complexity index is 456. The van der Waals surface area contributed by atoms with Crippen molar-refractivity contribution in [2.45, 2.75) is 32.9 Å². The van der Waals surface area contributed by atoms with Crippen molar-refractivity contribution in [2.24, 2.45) is 0 Å². The number of rotatable bonds is 7.